The number of carboxylic acids is 1. The SMILES string of the molecule is CC(CO)N(C)C(=O)NC1(CC(=O)O)CCCCC1. The second-order valence-electron chi connectivity index (χ2n) is 5.48. The van der Waals surface area contributed by atoms with E-state index in [1.165, 1.54) is 4.90 Å². The van der Waals surface area contributed by atoms with Crippen LogP contribution in [0.5, 0.6) is 0 Å². The Labute approximate surface area is 113 Å². The minimum absolute atomic E-state index is 0.0416. The number of nitrogens with zero attached hydrogens (tertiary/aromatic N) is 1. The molecule has 0 spiro atoms. The van der Waals surface area contributed by atoms with Crippen LogP contribution < -0.4 is 5.32 Å². The number of carbonyl (C=O) groups excluding carboxylic acids is 1. The van der Waals surface area contributed by atoms with Gasteiger partial charge in [-0.25, -0.2) is 4.79 Å². The Morgan fingerprint density at radius 1 is 1.32 bits per heavy atom. The fourth-order valence-electron chi connectivity index (χ4n) is 2.50. The highest BCUT2D eigenvalue weighted by molar-refractivity contribution is 5.77. The zero-order valence-electron chi connectivity index (χ0n) is 11.7. The predicted octanol–water partition coefficient (Wildman–Crippen LogP) is 1.19. The van der Waals surface area contributed by atoms with Crippen LogP contribution in [-0.2, 0) is 4.79 Å². The first-order chi connectivity index (χ1) is 8.90. The summed E-state index contributed by atoms with van der Waals surface area (Å²) in [6, 6.07) is -0.602. The number of nitrogens with one attached hydrogen (secondary N) is 1. The maximum atomic E-state index is 12.1. The van der Waals surface area contributed by atoms with E-state index >= 15 is 0 Å². The molecule has 110 valence electrons. The van der Waals surface area contributed by atoms with Crippen molar-refractivity contribution in [2.24, 2.45) is 0 Å². The molecule has 0 heterocycles. The second kappa shape index (κ2) is 6.75. The molecule has 1 fully saturated rings. The molecule has 0 radical (unpaired) electrons. The zero-order valence-corrected chi connectivity index (χ0v) is 11.7. The van der Waals surface area contributed by atoms with Gasteiger partial charge in [-0.15, -0.1) is 0 Å². The van der Waals surface area contributed by atoms with Crippen molar-refractivity contribution in [1.82, 2.24) is 10.2 Å². The van der Waals surface area contributed by atoms with Crippen molar-refractivity contribution >= 4 is 12.0 Å². The van der Waals surface area contributed by atoms with Gasteiger partial charge in [0.2, 0.25) is 0 Å². The van der Waals surface area contributed by atoms with E-state index < -0.39 is 11.5 Å². The number of carbonyl (C=O) groups is 2. The Morgan fingerprint density at radius 3 is 2.37 bits per heavy atom. The van der Waals surface area contributed by atoms with Crippen LogP contribution >= 0.6 is 0 Å². The lowest BCUT2D eigenvalue weighted by Crippen LogP contribution is -2.56. The molecule has 0 aromatic heterocycles. The minimum Gasteiger partial charge on any atom is -0.481 e. The fraction of sp³-hybridized carbons (Fsp3) is 0.846. The van der Waals surface area contributed by atoms with Crippen LogP contribution in [0.15, 0.2) is 0 Å². The molecule has 19 heavy (non-hydrogen) atoms. The molecule has 1 aliphatic carbocycles. The lowest BCUT2D eigenvalue weighted by Gasteiger charge is -2.38. The lowest BCUT2D eigenvalue weighted by molar-refractivity contribution is -0.139. The number of urea groups is 1. The smallest absolute Gasteiger partial charge is 0.317 e. The summed E-state index contributed by atoms with van der Waals surface area (Å²) in [7, 11) is 1.60. The van der Waals surface area contributed by atoms with E-state index in [-0.39, 0.29) is 25.1 Å². The van der Waals surface area contributed by atoms with Crippen molar-refractivity contribution in [2.45, 2.75) is 57.0 Å². The third kappa shape index (κ3) is 4.38. The Hall–Kier alpha value is -1.30. The Kier molecular flexibility index (Phi) is 5.60. The number of aliphatic hydroxyl groups excluding tert-OH is 1. The zero-order chi connectivity index (χ0) is 14.5. The van der Waals surface area contributed by atoms with Gasteiger partial charge in [0.05, 0.1) is 24.6 Å². The van der Waals surface area contributed by atoms with Gasteiger partial charge in [-0.1, -0.05) is 19.3 Å². The average molecular weight is 272 g/mol. The van der Waals surface area contributed by atoms with Gasteiger partial charge in [0.1, 0.15) is 0 Å². The monoisotopic (exact) mass is 272 g/mol. The first-order valence-electron chi connectivity index (χ1n) is 6.78. The Morgan fingerprint density at radius 2 is 1.89 bits per heavy atom. The van der Waals surface area contributed by atoms with Crippen LogP contribution in [0.4, 0.5) is 4.79 Å². The largest absolute Gasteiger partial charge is 0.481 e. The highest BCUT2D eigenvalue weighted by atomic mass is 16.4. The number of carboxylic acid groups (broad SMARTS) is 1. The van der Waals surface area contributed by atoms with Crippen molar-refractivity contribution in [3.63, 3.8) is 0 Å². The molecular weight excluding hydrogens is 248 g/mol. The summed E-state index contributed by atoms with van der Waals surface area (Å²) in [6.07, 6.45) is 4.32. The first kappa shape index (κ1) is 15.8. The molecule has 0 bridgehead atoms. The predicted molar refractivity (Wildman–Crippen MR) is 70.9 cm³/mol. The summed E-state index contributed by atoms with van der Waals surface area (Å²) in [5, 5.41) is 21.0. The highest BCUT2D eigenvalue weighted by Crippen LogP contribution is 2.31. The second-order valence-corrected chi connectivity index (χ2v) is 5.48. The van der Waals surface area contributed by atoms with Gasteiger partial charge in [0.25, 0.3) is 0 Å². The van der Waals surface area contributed by atoms with Gasteiger partial charge in [0.15, 0.2) is 0 Å². The molecule has 1 atom stereocenters. The molecule has 0 aliphatic heterocycles. The molecule has 0 aromatic carbocycles. The summed E-state index contributed by atoms with van der Waals surface area (Å²) >= 11 is 0. The summed E-state index contributed by atoms with van der Waals surface area (Å²) in [5.41, 5.74) is -0.634. The Bertz CT molecular complexity index is 327. The molecule has 6 nitrogen and oxygen atoms in total. The van der Waals surface area contributed by atoms with E-state index in [9.17, 15) is 9.59 Å². The van der Waals surface area contributed by atoms with Crippen LogP contribution in [0.3, 0.4) is 0 Å². The summed E-state index contributed by atoms with van der Waals surface area (Å²) in [6.45, 7) is 1.63. The minimum atomic E-state index is -0.889. The molecule has 0 aromatic rings. The van der Waals surface area contributed by atoms with Crippen molar-refractivity contribution in [2.75, 3.05) is 13.7 Å². The lowest BCUT2D eigenvalue weighted by atomic mass is 9.79. The quantitative estimate of drug-likeness (QED) is 0.701. The van der Waals surface area contributed by atoms with Crippen molar-refractivity contribution < 1.29 is 19.8 Å². The van der Waals surface area contributed by atoms with E-state index in [1.54, 1.807) is 14.0 Å². The number of amides is 2. The van der Waals surface area contributed by atoms with E-state index in [0.717, 1.165) is 19.3 Å². The number of hydrogen-bond donors (Lipinski definition) is 3. The van der Waals surface area contributed by atoms with Crippen LogP contribution in [0, 0.1) is 0 Å². The molecule has 6 heteroatoms. The van der Waals surface area contributed by atoms with E-state index in [4.69, 9.17) is 10.2 Å². The fourth-order valence-corrected chi connectivity index (χ4v) is 2.50. The number of aliphatic hydroxyl groups is 1. The molecule has 3 N–H and O–H groups in total. The molecule has 1 saturated carbocycles. The normalized spacial score (nSPS) is 19.5. The van der Waals surface area contributed by atoms with Gasteiger partial charge in [0, 0.05) is 7.05 Å². The molecule has 1 rings (SSSR count). The third-order valence-electron chi connectivity index (χ3n) is 3.92. The maximum absolute atomic E-state index is 12.1. The molecule has 2 amide bonds. The first-order valence-corrected chi connectivity index (χ1v) is 6.78. The van der Waals surface area contributed by atoms with Crippen LogP contribution in [-0.4, -0.2) is 52.3 Å². The van der Waals surface area contributed by atoms with Crippen molar-refractivity contribution in [3.8, 4) is 0 Å². The molecule has 1 unspecified atom stereocenters. The average Bonchev–Trinajstić information content (AvgIpc) is 2.36. The molecular formula is C13H24N2O4. The molecule has 1 aliphatic rings. The van der Waals surface area contributed by atoms with Gasteiger partial charge in [-0.3, -0.25) is 4.79 Å². The number of rotatable bonds is 5. The standard InChI is InChI=1S/C13H24N2O4/c1-10(9-16)15(2)12(19)14-13(8-11(17)18)6-4-3-5-7-13/h10,16H,3-9H2,1-2H3,(H,14,19)(H,17,18). The molecule has 0 saturated heterocycles. The summed E-state index contributed by atoms with van der Waals surface area (Å²) < 4.78 is 0. The van der Waals surface area contributed by atoms with Gasteiger partial charge < -0.3 is 20.4 Å². The topological polar surface area (TPSA) is 89.9 Å². The Balaban J connectivity index is 2.71. The van der Waals surface area contributed by atoms with Gasteiger partial charge in [-0.2, -0.15) is 0 Å². The van der Waals surface area contributed by atoms with E-state index in [2.05, 4.69) is 5.32 Å². The van der Waals surface area contributed by atoms with Crippen LogP contribution in [0.2, 0.25) is 0 Å². The van der Waals surface area contributed by atoms with E-state index in [0.29, 0.717) is 12.8 Å². The van der Waals surface area contributed by atoms with Crippen LogP contribution in [0.1, 0.15) is 45.4 Å². The maximum Gasteiger partial charge on any atom is 0.317 e. The third-order valence-corrected chi connectivity index (χ3v) is 3.92. The van der Waals surface area contributed by atoms with Gasteiger partial charge >= 0.3 is 12.0 Å². The highest BCUT2D eigenvalue weighted by Gasteiger charge is 2.36. The number of likely N-dealkylation sites (N-methyl/N-ethyl adjacent to an activating group) is 1. The number of aliphatic carboxylic acids is 1. The van der Waals surface area contributed by atoms with Gasteiger partial charge in [-0.05, 0) is 19.8 Å². The van der Waals surface area contributed by atoms with E-state index in [1.807, 2.05) is 0 Å². The van der Waals surface area contributed by atoms with Crippen LogP contribution in [0.25, 0.3) is 0 Å². The summed E-state index contributed by atoms with van der Waals surface area (Å²) in [4.78, 5) is 24.5. The van der Waals surface area contributed by atoms with Crippen molar-refractivity contribution in [1.29, 1.82) is 0 Å². The van der Waals surface area contributed by atoms with Crippen molar-refractivity contribution in [3.05, 3.63) is 0 Å². The summed E-state index contributed by atoms with van der Waals surface area (Å²) in [5.74, 6) is -0.889. The number of hydrogen-bond acceptors (Lipinski definition) is 3.